The summed E-state index contributed by atoms with van der Waals surface area (Å²) in [5.41, 5.74) is 0.815. The predicted octanol–water partition coefficient (Wildman–Crippen LogP) is 3.01. The summed E-state index contributed by atoms with van der Waals surface area (Å²) in [6.45, 7) is 1.27. The number of hydrogen-bond acceptors (Lipinski definition) is 4. The molecule has 1 saturated heterocycles. The van der Waals surface area contributed by atoms with E-state index in [4.69, 9.17) is 0 Å². The maximum absolute atomic E-state index is 12.6. The van der Waals surface area contributed by atoms with Crippen LogP contribution in [0.3, 0.4) is 0 Å². The van der Waals surface area contributed by atoms with Crippen molar-refractivity contribution in [2.75, 3.05) is 6.54 Å². The third kappa shape index (κ3) is 3.93. The van der Waals surface area contributed by atoms with Crippen LogP contribution >= 0.6 is 0 Å². The molecule has 130 valence electrons. The first-order valence-corrected chi connectivity index (χ1v) is 8.92. The lowest BCUT2D eigenvalue weighted by Gasteiger charge is -2.28. The van der Waals surface area contributed by atoms with E-state index in [1.165, 1.54) is 25.3 Å². The molecule has 1 aliphatic carbocycles. The molecule has 0 aromatic heterocycles. The Morgan fingerprint density at radius 3 is 2.67 bits per heavy atom. The maximum atomic E-state index is 12.6. The molecule has 2 aliphatic rings. The number of rotatable bonds is 5. The highest BCUT2D eigenvalue weighted by Gasteiger charge is 2.33. The normalized spacial score (nSPS) is 22.4. The van der Waals surface area contributed by atoms with Gasteiger partial charge in [-0.15, -0.1) is 0 Å². The number of nitrogens with zero attached hydrogens (tertiary/aromatic N) is 2. The molecule has 1 N–H and O–H groups in total. The van der Waals surface area contributed by atoms with Gasteiger partial charge in [-0.05, 0) is 32.2 Å². The van der Waals surface area contributed by atoms with Crippen molar-refractivity contribution in [2.24, 2.45) is 0 Å². The van der Waals surface area contributed by atoms with Crippen LogP contribution in [0.4, 0.5) is 5.69 Å². The number of carbonyl (C=O) groups is 1. The predicted molar refractivity (Wildman–Crippen MR) is 91.5 cm³/mol. The number of nitrogens with one attached hydrogen (secondary N) is 1. The Bertz CT molecular complexity index is 599. The van der Waals surface area contributed by atoms with Crippen LogP contribution in [0.15, 0.2) is 24.3 Å². The van der Waals surface area contributed by atoms with Gasteiger partial charge in [0.05, 0.1) is 11.0 Å². The molecule has 3 rings (SSSR count). The van der Waals surface area contributed by atoms with Crippen molar-refractivity contribution in [1.29, 1.82) is 0 Å². The van der Waals surface area contributed by atoms with Crippen LogP contribution in [0.2, 0.25) is 0 Å². The van der Waals surface area contributed by atoms with Crippen LogP contribution in [0.1, 0.15) is 50.5 Å². The summed E-state index contributed by atoms with van der Waals surface area (Å²) in [6, 6.07) is 6.95. The minimum atomic E-state index is -0.345. The van der Waals surface area contributed by atoms with E-state index in [2.05, 4.69) is 10.2 Å². The molecule has 6 nitrogen and oxygen atoms in total. The van der Waals surface area contributed by atoms with Crippen LogP contribution in [-0.4, -0.2) is 34.4 Å². The van der Waals surface area contributed by atoms with Gasteiger partial charge < -0.3 is 5.32 Å². The summed E-state index contributed by atoms with van der Waals surface area (Å²) in [7, 11) is 0. The zero-order valence-corrected chi connectivity index (χ0v) is 13.9. The first-order valence-electron chi connectivity index (χ1n) is 8.92. The molecule has 1 unspecified atom stereocenters. The number of nitro groups is 1. The highest BCUT2D eigenvalue weighted by atomic mass is 16.6. The SMILES string of the molecule is O=C(NC1CCCCC1)C1CCCN1Cc1ccccc1[N+](=O)[O-]. The Morgan fingerprint density at radius 2 is 1.92 bits per heavy atom. The summed E-state index contributed by atoms with van der Waals surface area (Å²) in [5, 5.41) is 14.4. The molecule has 24 heavy (non-hydrogen) atoms. The molecule has 1 aromatic rings. The van der Waals surface area contributed by atoms with Gasteiger partial charge in [0, 0.05) is 24.2 Å². The molecule has 1 aromatic carbocycles. The smallest absolute Gasteiger partial charge is 0.273 e. The van der Waals surface area contributed by atoms with Gasteiger partial charge in [0.15, 0.2) is 0 Å². The van der Waals surface area contributed by atoms with Crippen molar-refractivity contribution in [3.05, 3.63) is 39.9 Å². The van der Waals surface area contributed by atoms with E-state index in [1.54, 1.807) is 12.1 Å². The number of likely N-dealkylation sites (tertiary alicyclic amines) is 1. The topological polar surface area (TPSA) is 75.5 Å². The molecule has 1 saturated carbocycles. The molecule has 0 bridgehead atoms. The standard InChI is InChI=1S/C18H25N3O3/c22-18(19-15-8-2-1-3-9-15)17-11-6-12-20(17)13-14-7-4-5-10-16(14)21(23)24/h4-5,7,10,15,17H,1-3,6,8-9,11-13H2,(H,19,22). The van der Waals surface area contributed by atoms with Gasteiger partial charge in [-0.1, -0.05) is 37.5 Å². The highest BCUT2D eigenvalue weighted by Crippen LogP contribution is 2.26. The van der Waals surface area contributed by atoms with Crippen molar-refractivity contribution in [3.63, 3.8) is 0 Å². The van der Waals surface area contributed by atoms with E-state index in [0.717, 1.165) is 32.2 Å². The van der Waals surface area contributed by atoms with Gasteiger partial charge >= 0.3 is 0 Å². The van der Waals surface area contributed by atoms with Crippen molar-refractivity contribution < 1.29 is 9.72 Å². The van der Waals surface area contributed by atoms with E-state index in [9.17, 15) is 14.9 Å². The summed E-state index contributed by atoms with van der Waals surface area (Å²) >= 11 is 0. The van der Waals surface area contributed by atoms with Crippen LogP contribution < -0.4 is 5.32 Å². The highest BCUT2D eigenvalue weighted by molar-refractivity contribution is 5.82. The van der Waals surface area contributed by atoms with Gasteiger partial charge in [0.1, 0.15) is 0 Å². The number of carbonyl (C=O) groups excluding carboxylic acids is 1. The fourth-order valence-electron chi connectivity index (χ4n) is 3.90. The molecule has 1 amide bonds. The third-order valence-corrected chi connectivity index (χ3v) is 5.18. The van der Waals surface area contributed by atoms with E-state index in [1.807, 2.05) is 6.07 Å². The monoisotopic (exact) mass is 331 g/mol. The van der Waals surface area contributed by atoms with Gasteiger partial charge in [-0.25, -0.2) is 0 Å². The average Bonchev–Trinajstić information content (AvgIpc) is 3.04. The van der Waals surface area contributed by atoms with Gasteiger partial charge in [0.2, 0.25) is 5.91 Å². The lowest BCUT2D eigenvalue weighted by Crippen LogP contribution is -2.47. The van der Waals surface area contributed by atoms with Gasteiger partial charge in [-0.3, -0.25) is 19.8 Å². The number of nitro benzene ring substituents is 1. The molecule has 1 heterocycles. The van der Waals surface area contributed by atoms with Gasteiger partial charge in [-0.2, -0.15) is 0 Å². The van der Waals surface area contributed by atoms with Crippen molar-refractivity contribution in [3.8, 4) is 0 Å². The first kappa shape index (κ1) is 16.9. The minimum Gasteiger partial charge on any atom is -0.352 e. The largest absolute Gasteiger partial charge is 0.352 e. The van der Waals surface area contributed by atoms with Crippen LogP contribution in [-0.2, 0) is 11.3 Å². The molecule has 0 radical (unpaired) electrons. The molecule has 1 aliphatic heterocycles. The molecule has 1 atom stereocenters. The lowest BCUT2D eigenvalue weighted by atomic mass is 9.95. The molecule has 6 heteroatoms. The Morgan fingerprint density at radius 1 is 1.17 bits per heavy atom. The molecular formula is C18H25N3O3. The van der Waals surface area contributed by atoms with Crippen molar-refractivity contribution in [1.82, 2.24) is 10.2 Å². The summed E-state index contributed by atoms with van der Waals surface area (Å²) < 4.78 is 0. The van der Waals surface area contributed by atoms with E-state index in [-0.39, 0.29) is 22.6 Å². The van der Waals surface area contributed by atoms with Crippen LogP contribution in [0, 0.1) is 10.1 Å². The Labute approximate surface area is 142 Å². The van der Waals surface area contributed by atoms with Gasteiger partial charge in [0.25, 0.3) is 5.69 Å². The quantitative estimate of drug-likeness (QED) is 0.665. The van der Waals surface area contributed by atoms with E-state index in [0.29, 0.717) is 18.2 Å². The van der Waals surface area contributed by atoms with Crippen molar-refractivity contribution >= 4 is 11.6 Å². The minimum absolute atomic E-state index is 0.0954. The molecule has 0 spiro atoms. The summed E-state index contributed by atoms with van der Waals surface area (Å²) in [6.07, 6.45) is 7.58. The fourth-order valence-corrected chi connectivity index (χ4v) is 3.90. The third-order valence-electron chi connectivity index (χ3n) is 5.18. The second-order valence-electron chi connectivity index (χ2n) is 6.86. The molecular weight excluding hydrogens is 306 g/mol. The second-order valence-corrected chi connectivity index (χ2v) is 6.86. The van der Waals surface area contributed by atoms with Crippen LogP contribution in [0.5, 0.6) is 0 Å². The van der Waals surface area contributed by atoms with E-state index >= 15 is 0 Å². The lowest BCUT2D eigenvalue weighted by molar-refractivity contribution is -0.385. The van der Waals surface area contributed by atoms with Crippen LogP contribution in [0.25, 0.3) is 0 Å². The zero-order chi connectivity index (χ0) is 16.9. The summed E-state index contributed by atoms with van der Waals surface area (Å²) in [5.74, 6) is 0.0954. The number of benzene rings is 1. The first-order chi connectivity index (χ1) is 11.6. The number of amides is 1. The Hall–Kier alpha value is -1.95. The molecule has 2 fully saturated rings. The maximum Gasteiger partial charge on any atom is 0.273 e. The fraction of sp³-hybridized carbons (Fsp3) is 0.611. The number of para-hydroxylation sites is 1. The average molecular weight is 331 g/mol. The Kier molecular flexibility index (Phi) is 5.45. The second kappa shape index (κ2) is 7.75. The van der Waals surface area contributed by atoms with Crippen molar-refractivity contribution in [2.45, 2.75) is 63.6 Å². The number of hydrogen-bond donors (Lipinski definition) is 1. The summed E-state index contributed by atoms with van der Waals surface area (Å²) in [4.78, 5) is 25.6. The zero-order valence-electron chi connectivity index (χ0n) is 13.9. The Balaban J connectivity index is 1.65. The van der Waals surface area contributed by atoms with E-state index < -0.39 is 0 Å².